The second kappa shape index (κ2) is 4.51. The molecule has 0 saturated heterocycles. The topological polar surface area (TPSA) is 25.8 Å². The van der Waals surface area contributed by atoms with Gasteiger partial charge in [-0.2, -0.15) is 0 Å². The van der Waals surface area contributed by atoms with Crippen LogP contribution in [0.25, 0.3) is 0 Å². The Morgan fingerprint density at radius 3 is 2.55 bits per heavy atom. The molecule has 0 spiro atoms. The molecule has 0 saturated carbocycles. The Balaban J connectivity index is 3.02. The van der Waals surface area contributed by atoms with Crippen LogP contribution in [0.15, 0.2) is 16.2 Å². The van der Waals surface area contributed by atoms with Gasteiger partial charge in [0, 0.05) is 6.07 Å². The number of thioether (sulfide) groups is 2. The van der Waals surface area contributed by atoms with Gasteiger partial charge in [0.25, 0.3) is 0 Å². The van der Waals surface area contributed by atoms with Gasteiger partial charge in [0.05, 0.1) is 0 Å². The number of nitrogens with zero attached hydrogens (tertiary/aromatic N) is 2. The fraction of sp³-hybridized carbons (Fsp3) is 0.333. The largest absolute Gasteiger partial charge is 0.216 e. The van der Waals surface area contributed by atoms with E-state index in [-0.39, 0.29) is 0 Å². The van der Waals surface area contributed by atoms with E-state index in [4.69, 9.17) is 0 Å². The average Bonchev–Trinajstić information content (AvgIpc) is 2.03. The third-order valence-corrected chi connectivity index (χ3v) is 2.77. The standard InChI is InChI=1S/C6H7IN2S2/c1-10-5-3-4(7)8-6(9-5)11-2/h3H,1-2H3. The van der Waals surface area contributed by atoms with Crippen molar-refractivity contribution in [1.29, 1.82) is 0 Å². The second-order valence-corrected chi connectivity index (χ2v) is 4.42. The highest BCUT2D eigenvalue weighted by Crippen LogP contribution is 2.17. The molecule has 11 heavy (non-hydrogen) atoms. The minimum absolute atomic E-state index is 0.848. The number of aromatic nitrogens is 2. The van der Waals surface area contributed by atoms with Crippen LogP contribution in [0.2, 0.25) is 0 Å². The maximum Gasteiger partial charge on any atom is 0.189 e. The summed E-state index contributed by atoms with van der Waals surface area (Å²) < 4.78 is 1.01. The molecule has 0 aliphatic carbocycles. The number of hydrogen-bond acceptors (Lipinski definition) is 4. The van der Waals surface area contributed by atoms with Crippen LogP contribution in [0, 0.1) is 3.70 Å². The van der Waals surface area contributed by atoms with Crippen molar-refractivity contribution in [2.45, 2.75) is 10.2 Å². The van der Waals surface area contributed by atoms with E-state index in [1.807, 2.05) is 18.6 Å². The fourth-order valence-electron chi connectivity index (χ4n) is 0.573. The zero-order valence-corrected chi connectivity index (χ0v) is 9.96. The summed E-state index contributed by atoms with van der Waals surface area (Å²) in [6.45, 7) is 0. The van der Waals surface area contributed by atoms with Crippen LogP contribution < -0.4 is 0 Å². The summed E-state index contributed by atoms with van der Waals surface area (Å²) in [5.41, 5.74) is 0. The summed E-state index contributed by atoms with van der Waals surface area (Å²) in [6.07, 6.45) is 4.00. The molecule has 1 aromatic rings. The molecule has 1 aromatic heterocycles. The normalized spacial score (nSPS) is 10.1. The van der Waals surface area contributed by atoms with Gasteiger partial charge in [-0.25, -0.2) is 9.97 Å². The Morgan fingerprint density at radius 1 is 1.27 bits per heavy atom. The molecule has 0 amide bonds. The SMILES string of the molecule is CSc1cc(I)nc(SC)n1. The van der Waals surface area contributed by atoms with E-state index in [1.165, 1.54) is 0 Å². The highest BCUT2D eigenvalue weighted by molar-refractivity contribution is 14.1. The van der Waals surface area contributed by atoms with E-state index in [0.29, 0.717) is 0 Å². The lowest BCUT2D eigenvalue weighted by atomic mass is 10.7. The maximum atomic E-state index is 4.28. The first-order valence-electron chi connectivity index (χ1n) is 2.89. The lowest BCUT2D eigenvalue weighted by Gasteiger charge is -1.98. The fourth-order valence-corrected chi connectivity index (χ4v) is 2.32. The summed E-state index contributed by atoms with van der Waals surface area (Å²) in [4.78, 5) is 8.51. The van der Waals surface area contributed by atoms with Crippen molar-refractivity contribution < 1.29 is 0 Å². The molecular weight excluding hydrogens is 291 g/mol. The first-order valence-corrected chi connectivity index (χ1v) is 6.41. The van der Waals surface area contributed by atoms with Crippen LogP contribution in [0.3, 0.4) is 0 Å². The van der Waals surface area contributed by atoms with Gasteiger partial charge in [-0.15, -0.1) is 11.8 Å². The molecule has 1 rings (SSSR count). The van der Waals surface area contributed by atoms with Crippen molar-refractivity contribution in [3.8, 4) is 0 Å². The van der Waals surface area contributed by atoms with E-state index in [9.17, 15) is 0 Å². The van der Waals surface area contributed by atoms with E-state index in [2.05, 4.69) is 32.6 Å². The van der Waals surface area contributed by atoms with E-state index < -0.39 is 0 Å². The Labute approximate surface area is 88.1 Å². The highest BCUT2D eigenvalue weighted by atomic mass is 127. The number of halogens is 1. The molecule has 0 atom stereocenters. The summed E-state index contributed by atoms with van der Waals surface area (Å²) in [5, 5.41) is 1.88. The predicted octanol–water partition coefficient (Wildman–Crippen LogP) is 2.53. The van der Waals surface area contributed by atoms with Gasteiger partial charge in [-0.1, -0.05) is 11.8 Å². The summed E-state index contributed by atoms with van der Waals surface area (Å²) in [7, 11) is 0. The summed E-state index contributed by atoms with van der Waals surface area (Å²) >= 11 is 5.42. The summed E-state index contributed by atoms with van der Waals surface area (Å²) in [5.74, 6) is 0. The van der Waals surface area contributed by atoms with Crippen LogP contribution >= 0.6 is 46.1 Å². The molecule has 0 bridgehead atoms. The zero-order valence-electron chi connectivity index (χ0n) is 6.17. The van der Waals surface area contributed by atoms with Crippen molar-refractivity contribution in [3.63, 3.8) is 0 Å². The van der Waals surface area contributed by atoms with E-state index in [0.717, 1.165) is 13.9 Å². The van der Waals surface area contributed by atoms with Crippen molar-refractivity contribution in [2.24, 2.45) is 0 Å². The van der Waals surface area contributed by atoms with Gasteiger partial charge in [0.2, 0.25) is 0 Å². The second-order valence-electron chi connectivity index (χ2n) is 1.72. The Morgan fingerprint density at radius 2 is 2.00 bits per heavy atom. The molecule has 5 heteroatoms. The Bertz CT molecular complexity index is 232. The van der Waals surface area contributed by atoms with E-state index in [1.54, 1.807) is 23.5 Å². The first kappa shape index (κ1) is 9.60. The molecular formula is C6H7IN2S2. The minimum Gasteiger partial charge on any atom is -0.216 e. The third kappa shape index (κ3) is 2.79. The maximum absolute atomic E-state index is 4.28. The summed E-state index contributed by atoms with van der Waals surface area (Å²) in [6, 6.07) is 1.98. The minimum atomic E-state index is 0.848. The third-order valence-electron chi connectivity index (χ3n) is 1.04. The van der Waals surface area contributed by atoms with Gasteiger partial charge >= 0.3 is 0 Å². The van der Waals surface area contributed by atoms with Gasteiger partial charge in [0.15, 0.2) is 5.16 Å². The Kier molecular flexibility index (Phi) is 3.94. The van der Waals surface area contributed by atoms with Crippen LogP contribution in [0.5, 0.6) is 0 Å². The quantitative estimate of drug-likeness (QED) is 0.363. The molecule has 0 fully saturated rings. The molecule has 0 radical (unpaired) electrons. The molecule has 0 N–H and O–H groups in total. The monoisotopic (exact) mass is 298 g/mol. The molecule has 0 unspecified atom stereocenters. The number of rotatable bonds is 2. The van der Waals surface area contributed by atoms with Crippen LogP contribution in [0.1, 0.15) is 0 Å². The van der Waals surface area contributed by atoms with E-state index >= 15 is 0 Å². The lowest BCUT2D eigenvalue weighted by molar-refractivity contribution is 0.877. The average molecular weight is 298 g/mol. The molecule has 60 valence electrons. The van der Waals surface area contributed by atoms with Gasteiger partial charge in [-0.3, -0.25) is 0 Å². The van der Waals surface area contributed by atoms with Crippen molar-refractivity contribution in [1.82, 2.24) is 9.97 Å². The first-order chi connectivity index (χ1) is 5.26. The molecule has 0 aromatic carbocycles. The van der Waals surface area contributed by atoms with Crippen LogP contribution in [0.4, 0.5) is 0 Å². The highest BCUT2D eigenvalue weighted by Gasteiger charge is 1.99. The van der Waals surface area contributed by atoms with Crippen molar-refractivity contribution >= 4 is 46.1 Å². The smallest absolute Gasteiger partial charge is 0.189 e. The Hall–Kier alpha value is 0.510. The number of hydrogen-bond donors (Lipinski definition) is 0. The van der Waals surface area contributed by atoms with Gasteiger partial charge in [0.1, 0.15) is 8.73 Å². The molecule has 0 aliphatic heterocycles. The van der Waals surface area contributed by atoms with Gasteiger partial charge < -0.3 is 0 Å². The van der Waals surface area contributed by atoms with Crippen LogP contribution in [-0.2, 0) is 0 Å². The van der Waals surface area contributed by atoms with Crippen molar-refractivity contribution in [2.75, 3.05) is 12.5 Å². The molecule has 1 heterocycles. The molecule has 0 aliphatic rings. The molecule has 2 nitrogen and oxygen atoms in total. The lowest BCUT2D eigenvalue weighted by Crippen LogP contribution is -1.90. The predicted molar refractivity (Wildman–Crippen MR) is 58.3 cm³/mol. The van der Waals surface area contributed by atoms with Gasteiger partial charge in [-0.05, 0) is 35.1 Å². The van der Waals surface area contributed by atoms with Crippen LogP contribution in [-0.4, -0.2) is 22.5 Å². The van der Waals surface area contributed by atoms with Crippen molar-refractivity contribution in [3.05, 3.63) is 9.77 Å². The zero-order chi connectivity index (χ0) is 8.27.